The van der Waals surface area contributed by atoms with E-state index in [0.29, 0.717) is 18.7 Å². The summed E-state index contributed by atoms with van der Waals surface area (Å²) in [6.45, 7) is 0.752. The van der Waals surface area contributed by atoms with E-state index < -0.39 is 6.03 Å². The smallest absolute Gasteiger partial charge is 0.312 e. The lowest BCUT2D eigenvalue weighted by atomic mass is 10.1. The molecule has 23 heavy (non-hydrogen) atoms. The Morgan fingerprint density at radius 3 is 2.35 bits per heavy atom. The minimum Gasteiger partial charge on any atom is -0.497 e. The normalized spacial score (nSPS) is 9.96. The summed E-state index contributed by atoms with van der Waals surface area (Å²) in [5.41, 5.74) is 7.39. The number of carbonyl (C=O) groups is 2. The summed E-state index contributed by atoms with van der Waals surface area (Å²) in [6, 6.07) is 13.9. The van der Waals surface area contributed by atoms with Gasteiger partial charge in [-0.1, -0.05) is 24.3 Å². The summed E-state index contributed by atoms with van der Waals surface area (Å²) in [5.74, 6) is 0.588. The molecule has 6 heteroatoms. The predicted octanol–water partition coefficient (Wildman–Crippen LogP) is 1.79. The van der Waals surface area contributed by atoms with Gasteiger partial charge in [0.25, 0.3) is 5.91 Å². The van der Waals surface area contributed by atoms with E-state index in [0.717, 1.165) is 16.9 Å². The van der Waals surface area contributed by atoms with Crippen LogP contribution in [0.2, 0.25) is 0 Å². The lowest BCUT2D eigenvalue weighted by Gasteiger charge is -2.08. The largest absolute Gasteiger partial charge is 0.497 e. The Morgan fingerprint density at radius 1 is 1.00 bits per heavy atom. The second kappa shape index (κ2) is 7.84. The zero-order chi connectivity index (χ0) is 16.7. The number of benzene rings is 2. The van der Waals surface area contributed by atoms with Crippen LogP contribution < -0.4 is 21.1 Å². The second-order valence-corrected chi connectivity index (χ2v) is 4.95. The second-order valence-electron chi connectivity index (χ2n) is 4.95. The molecule has 0 heterocycles. The van der Waals surface area contributed by atoms with E-state index in [2.05, 4.69) is 10.6 Å². The molecule has 0 aromatic heterocycles. The molecule has 2 aromatic carbocycles. The molecule has 3 amide bonds. The van der Waals surface area contributed by atoms with Gasteiger partial charge in [0.1, 0.15) is 5.75 Å². The molecule has 4 N–H and O–H groups in total. The Balaban J connectivity index is 1.91. The Hall–Kier alpha value is -3.02. The average molecular weight is 313 g/mol. The number of ether oxygens (including phenoxy) is 1. The Labute approximate surface area is 134 Å². The van der Waals surface area contributed by atoms with Crippen LogP contribution in [0.1, 0.15) is 21.5 Å². The molecular weight excluding hydrogens is 294 g/mol. The van der Waals surface area contributed by atoms with Gasteiger partial charge in [-0.05, 0) is 35.4 Å². The van der Waals surface area contributed by atoms with Gasteiger partial charge in [-0.3, -0.25) is 4.79 Å². The van der Waals surface area contributed by atoms with Crippen molar-refractivity contribution in [3.05, 3.63) is 65.2 Å². The van der Waals surface area contributed by atoms with Crippen LogP contribution in [0.4, 0.5) is 4.79 Å². The third kappa shape index (κ3) is 5.03. The molecule has 0 aliphatic rings. The quantitative estimate of drug-likeness (QED) is 0.759. The first-order valence-corrected chi connectivity index (χ1v) is 7.12. The molecule has 0 bridgehead atoms. The summed E-state index contributed by atoms with van der Waals surface area (Å²) < 4.78 is 5.15. The molecular formula is C17H19N3O3. The molecule has 6 nitrogen and oxygen atoms in total. The number of carbonyl (C=O) groups excluding carboxylic acids is 2. The van der Waals surface area contributed by atoms with Crippen molar-refractivity contribution in [2.75, 3.05) is 7.11 Å². The van der Waals surface area contributed by atoms with Crippen LogP contribution in [0.5, 0.6) is 5.75 Å². The van der Waals surface area contributed by atoms with Crippen LogP contribution in [0.25, 0.3) is 0 Å². The van der Waals surface area contributed by atoms with Gasteiger partial charge in [-0.15, -0.1) is 0 Å². The maximum Gasteiger partial charge on any atom is 0.312 e. The van der Waals surface area contributed by atoms with Gasteiger partial charge in [0.15, 0.2) is 0 Å². The number of primary amides is 1. The average Bonchev–Trinajstić information content (AvgIpc) is 2.58. The number of nitrogens with one attached hydrogen (secondary N) is 2. The third-order valence-corrected chi connectivity index (χ3v) is 3.27. The van der Waals surface area contributed by atoms with E-state index in [1.165, 1.54) is 0 Å². The van der Waals surface area contributed by atoms with Gasteiger partial charge in [0.05, 0.1) is 7.11 Å². The summed E-state index contributed by atoms with van der Waals surface area (Å²) >= 11 is 0. The molecule has 0 saturated carbocycles. The molecule has 2 aromatic rings. The van der Waals surface area contributed by atoms with Gasteiger partial charge < -0.3 is 21.1 Å². The molecule has 120 valence electrons. The SMILES string of the molecule is COc1cccc(CNC(=O)c2ccc(CNC(N)=O)cc2)c1. The van der Waals surface area contributed by atoms with Crippen LogP contribution in [-0.4, -0.2) is 19.0 Å². The highest BCUT2D eigenvalue weighted by Crippen LogP contribution is 2.12. The summed E-state index contributed by atoms with van der Waals surface area (Å²) in [4.78, 5) is 22.8. The minimum absolute atomic E-state index is 0.165. The fraction of sp³-hybridized carbons (Fsp3) is 0.176. The number of hydrogen-bond acceptors (Lipinski definition) is 3. The van der Waals surface area contributed by atoms with E-state index in [1.807, 2.05) is 24.3 Å². The van der Waals surface area contributed by atoms with Gasteiger partial charge in [-0.2, -0.15) is 0 Å². The van der Waals surface area contributed by atoms with Crippen molar-refractivity contribution in [1.29, 1.82) is 0 Å². The van der Waals surface area contributed by atoms with Gasteiger partial charge in [0.2, 0.25) is 0 Å². The van der Waals surface area contributed by atoms with Crippen LogP contribution in [-0.2, 0) is 13.1 Å². The van der Waals surface area contributed by atoms with Crippen molar-refractivity contribution >= 4 is 11.9 Å². The lowest BCUT2D eigenvalue weighted by Crippen LogP contribution is -2.28. The highest BCUT2D eigenvalue weighted by molar-refractivity contribution is 5.94. The Kier molecular flexibility index (Phi) is 5.57. The molecule has 0 radical (unpaired) electrons. The van der Waals surface area contributed by atoms with Crippen molar-refractivity contribution in [3.8, 4) is 5.75 Å². The van der Waals surface area contributed by atoms with Crippen molar-refractivity contribution in [2.45, 2.75) is 13.1 Å². The van der Waals surface area contributed by atoms with Crippen LogP contribution >= 0.6 is 0 Å². The molecule has 0 spiro atoms. The van der Waals surface area contributed by atoms with Crippen molar-refractivity contribution < 1.29 is 14.3 Å². The van der Waals surface area contributed by atoms with Crippen molar-refractivity contribution in [1.82, 2.24) is 10.6 Å². The topological polar surface area (TPSA) is 93.4 Å². The first kappa shape index (κ1) is 16.4. The molecule has 0 saturated heterocycles. The maximum atomic E-state index is 12.1. The number of hydrogen-bond donors (Lipinski definition) is 3. The summed E-state index contributed by atoms with van der Waals surface area (Å²) in [6.07, 6.45) is 0. The molecule has 2 rings (SSSR count). The number of urea groups is 1. The van der Waals surface area contributed by atoms with E-state index in [-0.39, 0.29) is 5.91 Å². The standard InChI is InChI=1S/C17H19N3O3/c1-23-15-4-2-3-13(9-15)11-19-16(21)14-7-5-12(6-8-14)10-20-17(18)22/h2-9H,10-11H2,1H3,(H,19,21)(H3,18,20,22). The molecule has 0 fully saturated rings. The number of rotatable bonds is 6. The first-order chi connectivity index (χ1) is 11.1. The zero-order valence-electron chi connectivity index (χ0n) is 12.8. The van der Waals surface area contributed by atoms with Gasteiger partial charge in [0, 0.05) is 18.7 Å². The van der Waals surface area contributed by atoms with Crippen molar-refractivity contribution in [3.63, 3.8) is 0 Å². The highest BCUT2D eigenvalue weighted by Gasteiger charge is 2.06. The lowest BCUT2D eigenvalue weighted by molar-refractivity contribution is 0.0951. The number of nitrogens with two attached hydrogens (primary N) is 1. The highest BCUT2D eigenvalue weighted by atomic mass is 16.5. The fourth-order valence-electron chi connectivity index (χ4n) is 2.03. The van der Waals surface area contributed by atoms with Crippen LogP contribution in [0.15, 0.2) is 48.5 Å². The molecule has 0 atom stereocenters. The maximum absolute atomic E-state index is 12.1. The summed E-state index contributed by atoms with van der Waals surface area (Å²) in [7, 11) is 1.60. The predicted molar refractivity (Wildman–Crippen MR) is 87.0 cm³/mol. The van der Waals surface area contributed by atoms with Crippen molar-refractivity contribution in [2.24, 2.45) is 5.73 Å². The van der Waals surface area contributed by atoms with Crippen LogP contribution in [0, 0.1) is 0 Å². The minimum atomic E-state index is -0.579. The zero-order valence-corrected chi connectivity index (χ0v) is 12.8. The third-order valence-electron chi connectivity index (χ3n) is 3.27. The number of amides is 3. The van der Waals surface area contributed by atoms with E-state index in [1.54, 1.807) is 31.4 Å². The number of methoxy groups -OCH3 is 1. The summed E-state index contributed by atoms with van der Waals surface area (Å²) in [5, 5.41) is 5.35. The Bertz CT molecular complexity index is 684. The van der Waals surface area contributed by atoms with E-state index in [4.69, 9.17) is 10.5 Å². The van der Waals surface area contributed by atoms with Gasteiger partial charge in [-0.25, -0.2) is 4.79 Å². The molecule has 0 aliphatic carbocycles. The van der Waals surface area contributed by atoms with Gasteiger partial charge >= 0.3 is 6.03 Å². The Morgan fingerprint density at radius 2 is 1.70 bits per heavy atom. The van der Waals surface area contributed by atoms with E-state index in [9.17, 15) is 9.59 Å². The molecule has 0 unspecified atom stereocenters. The van der Waals surface area contributed by atoms with E-state index >= 15 is 0 Å². The first-order valence-electron chi connectivity index (χ1n) is 7.12. The fourth-order valence-corrected chi connectivity index (χ4v) is 2.03. The molecule has 0 aliphatic heterocycles. The van der Waals surface area contributed by atoms with Crippen LogP contribution in [0.3, 0.4) is 0 Å². The monoisotopic (exact) mass is 313 g/mol.